The Balaban J connectivity index is 1.41. The number of nitrogens with one attached hydrogen (secondary N) is 1. The molecule has 1 aliphatic carbocycles. The van der Waals surface area contributed by atoms with Crippen LogP contribution in [0.2, 0.25) is 0 Å². The smallest absolute Gasteiger partial charge is 0.253 e. The van der Waals surface area contributed by atoms with Crippen molar-refractivity contribution in [2.24, 2.45) is 0 Å². The maximum absolute atomic E-state index is 13.0. The Labute approximate surface area is 168 Å². The molecule has 0 unspecified atom stereocenters. The van der Waals surface area contributed by atoms with Crippen LogP contribution >= 0.6 is 11.3 Å². The number of carbonyl (C=O) groups excluding carboxylic acids is 1. The molecule has 28 heavy (non-hydrogen) atoms. The average molecular weight is 394 g/mol. The molecule has 0 aliphatic heterocycles. The Morgan fingerprint density at radius 2 is 1.93 bits per heavy atom. The largest absolute Gasteiger partial charge is 0.354 e. The highest BCUT2D eigenvalue weighted by Crippen LogP contribution is 2.43. The summed E-state index contributed by atoms with van der Waals surface area (Å²) in [5.74, 6) is 0.0781. The van der Waals surface area contributed by atoms with Gasteiger partial charge in [-0.3, -0.25) is 14.2 Å². The van der Waals surface area contributed by atoms with E-state index in [1.54, 1.807) is 28.3 Å². The molecule has 2 aromatic heterocycles. The monoisotopic (exact) mass is 393 g/mol. The molecule has 4 rings (SSSR count). The zero-order valence-electron chi connectivity index (χ0n) is 15.6. The summed E-state index contributed by atoms with van der Waals surface area (Å²) in [5, 5.41) is 5.09. The van der Waals surface area contributed by atoms with Crippen LogP contribution in [0.1, 0.15) is 30.6 Å². The lowest BCUT2D eigenvalue weighted by Gasteiger charge is -2.26. The molecule has 0 atom stereocenters. The second-order valence-electron chi connectivity index (χ2n) is 7.19. The number of thiophene rings is 1. The zero-order chi connectivity index (χ0) is 19.4. The fraction of sp³-hybridized carbons (Fsp3) is 0.318. The first-order chi connectivity index (χ1) is 13.7. The predicted octanol–water partition coefficient (Wildman–Crippen LogP) is 3.60. The van der Waals surface area contributed by atoms with Crippen LogP contribution in [-0.4, -0.2) is 22.0 Å². The van der Waals surface area contributed by atoms with E-state index in [0.29, 0.717) is 18.8 Å². The molecule has 6 heteroatoms. The standard InChI is InChI=1S/C22H23N3O2S/c26-20-15-18(17-7-2-1-3-8-17)24-16-25(20)13-12-23-21(27)22(10-4-5-11-22)19-9-6-14-28-19/h1-3,6-9,14-16H,4-5,10-13H2,(H,23,27). The molecule has 3 aromatic rings. The van der Waals surface area contributed by atoms with Gasteiger partial charge in [-0.05, 0) is 24.3 Å². The van der Waals surface area contributed by atoms with Crippen molar-refractivity contribution in [3.63, 3.8) is 0 Å². The number of rotatable bonds is 6. The van der Waals surface area contributed by atoms with E-state index in [0.717, 1.165) is 36.1 Å². The maximum Gasteiger partial charge on any atom is 0.253 e. The van der Waals surface area contributed by atoms with Crippen molar-refractivity contribution < 1.29 is 4.79 Å². The van der Waals surface area contributed by atoms with E-state index in [1.165, 1.54) is 0 Å². The summed E-state index contributed by atoms with van der Waals surface area (Å²) in [4.78, 5) is 30.9. The van der Waals surface area contributed by atoms with E-state index in [9.17, 15) is 9.59 Å². The van der Waals surface area contributed by atoms with Crippen molar-refractivity contribution >= 4 is 17.2 Å². The van der Waals surface area contributed by atoms with Crippen molar-refractivity contribution in [2.75, 3.05) is 6.54 Å². The zero-order valence-corrected chi connectivity index (χ0v) is 16.5. The van der Waals surface area contributed by atoms with Crippen LogP contribution in [0.5, 0.6) is 0 Å². The normalized spacial score (nSPS) is 15.4. The van der Waals surface area contributed by atoms with E-state index < -0.39 is 5.41 Å². The summed E-state index contributed by atoms with van der Waals surface area (Å²) in [7, 11) is 0. The van der Waals surface area contributed by atoms with Gasteiger partial charge in [0.1, 0.15) is 0 Å². The quantitative estimate of drug-likeness (QED) is 0.696. The van der Waals surface area contributed by atoms with Gasteiger partial charge in [-0.15, -0.1) is 11.3 Å². The lowest BCUT2D eigenvalue weighted by atomic mass is 9.83. The number of carbonyl (C=O) groups is 1. The van der Waals surface area contributed by atoms with Gasteiger partial charge >= 0.3 is 0 Å². The third kappa shape index (κ3) is 3.64. The van der Waals surface area contributed by atoms with Crippen LogP contribution in [0.4, 0.5) is 0 Å². The van der Waals surface area contributed by atoms with Gasteiger partial charge < -0.3 is 5.32 Å². The summed E-state index contributed by atoms with van der Waals surface area (Å²) in [6.07, 6.45) is 5.51. The van der Waals surface area contributed by atoms with Crippen molar-refractivity contribution in [3.8, 4) is 11.3 Å². The highest BCUT2D eigenvalue weighted by molar-refractivity contribution is 7.10. The molecule has 5 nitrogen and oxygen atoms in total. The third-order valence-electron chi connectivity index (χ3n) is 5.47. The second-order valence-corrected chi connectivity index (χ2v) is 8.14. The maximum atomic E-state index is 13.0. The summed E-state index contributed by atoms with van der Waals surface area (Å²) in [6.45, 7) is 0.825. The van der Waals surface area contributed by atoms with Crippen LogP contribution in [0.15, 0.2) is 65.0 Å². The number of aromatic nitrogens is 2. The molecule has 0 radical (unpaired) electrons. The van der Waals surface area contributed by atoms with Crippen molar-refractivity contribution in [2.45, 2.75) is 37.6 Å². The van der Waals surface area contributed by atoms with E-state index in [2.05, 4.69) is 16.4 Å². The van der Waals surface area contributed by atoms with Crippen LogP contribution in [0.3, 0.4) is 0 Å². The number of hydrogen-bond acceptors (Lipinski definition) is 4. The Bertz CT molecular complexity index is 990. The third-order valence-corrected chi connectivity index (χ3v) is 6.55. The molecule has 1 saturated carbocycles. The molecule has 0 saturated heterocycles. The molecule has 0 spiro atoms. The van der Waals surface area contributed by atoms with Crippen molar-refractivity contribution in [1.29, 1.82) is 0 Å². The van der Waals surface area contributed by atoms with E-state index in [1.807, 2.05) is 41.8 Å². The molecule has 0 bridgehead atoms. The number of nitrogens with zero attached hydrogens (tertiary/aromatic N) is 2. The number of benzene rings is 1. The molecular formula is C22H23N3O2S. The minimum Gasteiger partial charge on any atom is -0.354 e. The van der Waals surface area contributed by atoms with Crippen LogP contribution < -0.4 is 10.9 Å². The van der Waals surface area contributed by atoms with Gasteiger partial charge in [-0.1, -0.05) is 49.2 Å². The second kappa shape index (κ2) is 8.10. The Kier molecular flexibility index (Phi) is 5.39. The van der Waals surface area contributed by atoms with Gasteiger partial charge in [-0.25, -0.2) is 4.98 Å². The molecule has 1 N–H and O–H groups in total. The average Bonchev–Trinajstić information content (AvgIpc) is 3.42. The first kappa shape index (κ1) is 18.6. The SMILES string of the molecule is O=C(NCCn1cnc(-c2ccccc2)cc1=O)C1(c2cccs2)CCCC1. The molecule has 1 amide bonds. The van der Waals surface area contributed by atoms with Crippen LogP contribution in [0, 0.1) is 0 Å². The Morgan fingerprint density at radius 3 is 2.61 bits per heavy atom. The minimum atomic E-state index is -0.394. The van der Waals surface area contributed by atoms with E-state index >= 15 is 0 Å². The lowest BCUT2D eigenvalue weighted by Crippen LogP contribution is -2.43. The molecule has 1 aromatic carbocycles. The van der Waals surface area contributed by atoms with Crippen molar-refractivity contribution in [1.82, 2.24) is 14.9 Å². The van der Waals surface area contributed by atoms with Gasteiger partial charge in [0.05, 0.1) is 17.4 Å². The first-order valence-corrected chi connectivity index (χ1v) is 10.5. The highest BCUT2D eigenvalue weighted by atomic mass is 32.1. The Morgan fingerprint density at radius 1 is 1.14 bits per heavy atom. The van der Waals surface area contributed by atoms with Gasteiger partial charge in [0.2, 0.25) is 5.91 Å². The minimum absolute atomic E-state index is 0.0781. The summed E-state index contributed by atoms with van der Waals surface area (Å²) in [5.41, 5.74) is 1.07. The van der Waals surface area contributed by atoms with E-state index in [-0.39, 0.29) is 11.5 Å². The molecule has 144 valence electrons. The van der Waals surface area contributed by atoms with Gasteiger partial charge in [0.25, 0.3) is 5.56 Å². The van der Waals surface area contributed by atoms with Gasteiger partial charge in [0, 0.05) is 29.6 Å². The topological polar surface area (TPSA) is 64.0 Å². The van der Waals surface area contributed by atoms with E-state index in [4.69, 9.17) is 0 Å². The Hall–Kier alpha value is -2.73. The first-order valence-electron chi connectivity index (χ1n) is 9.63. The molecule has 1 aliphatic rings. The highest BCUT2D eigenvalue weighted by Gasteiger charge is 2.43. The van der Waals surface area contributed by atoms with Crippen LogP contribution in [0.25, 0.3) is 11.3 Å². The van der Waals surface area contributed by atoms with Crippen molar-refractivity contribution in [3.05, 3.63) is 75.5 Å². The fourth-order valence-electron chi connectivity index (χ4n) is 3.93. The summed E-state index contributed by atoms with van der Waals surface area (Å²) in [6, 6.07) is 15.2. The molecule has 2 heterocycles. The fourth-order valence-corrected chi connectivity index (χ4v) is 4.92. The molecular weight excluding hydrogens is 370 g/mol. The summed E-state index contributed by atoms with van der Waals surface area (Å²) >= 11 is 1.65. The lowest BCUT2D eigenvalue weighted by molar-refractivity contribution is -0.126. The van der Waals surface area contributed by atoms with Crippen LogP contribution in [-0.2, 0) is 16.8 Å². The predicted molar refractivity (Wildman–Crippen MR) is 111 cm³/mol. The number of hydrogen-bond donors (Lipinski definition) is 1. The van der Waals surface area contributed by atoms with Gasteiger partial charge in [0.15, 0.2) is 0 Å². The number of amides is 1. The summed E-state index contributed by atoms with van der Waals surface area (Å²) < 4.78 is 1.54. The molecule has 1 fully saturated rings. The van der Waals surface area contributed by atoms with Gasteiger partial charge in [-0.2, -0.15) is 0 Å².